The zero-order valence-corrected chi connectivity index (χ0v) is 9.31. The number of benzene rings is 1. The van der Waals surface area contributed by atoms with Gasteiger partial charge >= 0.3 is 0 Å². The van der Waals surface area contributed by atoms with Crippen molar-refractivity contribution in [1.82, 2.24) is 0 Å². The highest BCUT2D eigenvalue weighted by molar-refractivity contribution is 5.34. The molecule has 1 aromatic rings. The van der Waals surface area contributed by atoms with E-state index in [1.165, 1.54) is 0 Å². The minimum absolute atomic E-state index is 0.124. The van der Waals surface area contributed by atoms with Crippen molar-refractivity contribution >= 4 is 0 Å². The largest absolute Gasteiger partial charge is 0.390 e. The summed E-state index contributed by atoms with van der Waals surface area (Å²) in [5.74, 6) is -0.124. The maximum atomic E-state index is 13.4. The molecule has 0 radical (unpaired) electrons. The molecule has 0 bridgehead atoms. The van der Waals surface area contributed by atoms with Crippen molar-refractivity contribution in [2.75, 3.05) is 0 Å². The van der Waals surface area contributed by atoms with E-state index in [0.29, 0.717) is 12.8 Å². The van der Waals surface area contributed by atoms with Gasteiger partial charge in [0.1, 0.15) is 5.82 Å². The Morgan fingerprint density at radius 3 is 2.53 bits per heavy atom. The lowest BCUT2D eigenvalue weighted by Gasteiger charge is -2.12. The molecule has 15 heavy (non-hydrogen) atoms. The van der Waals surface area contributed by atoms with Crippen LogP contribution in [-0.4, -0.2) is 10.7 Å². The number of aryl methyl sites for hydroxylation is 2. The van der Waals surface area contributed by atoms with Gasteiger partial charge in [-0.1, -0.05) is 13.0 Å². The SMILES string of the molecule is CCc1cc(CC2(O)CC2)c(C)cc1F. The Hall–Kier alpha value is -0.890. The van der Waals surface area contributed by atoms with E-state index >= 15 is 0 Å². The lowest BCUT2D eigenvalue weighted by atomic mass is 9.97. The molecule has 0 atom stereocenters. The lowest BCUT2D eigenvalue weighted by Crippen LogP contribution is -2.12. The third kappa shape index (κ3) is 2.20. The Balaban J connectivity index is 2.29. The van der Waals surface area contributed by atoms with Crippen molar-refractivity contribution in [1.29, 1.82) is 0 Å². The Morgan fingerprint density at radius 1 is 1.33 bits per heavy atom. The van der Waals surface area contributed by atoms with Crippen LogP contribution in [0.2, 0.25) is 0 Å². The topological polar surface area (TPSA) is 20.2 Å². The molecule has 1 fully saturated rings. The average molecular weight is 208 g/mol. The summed E-state index contributed by atoms with van der Waals surface area (Å²) in [5.41, 5.74) is 2.30. The molecule has 0 aromatic heterocycles. The van der Waals surface area contributed by atoms with Gasteiger partial charge in [0.05, 0.1) is 5.60 Å². The van der Waals surface area contributed by atoms with E-state index in [2.05, 4.69) is 0 Å². The monoisotopic (exact) mass is 208 g/mol. The van der Waals surface area contributed by atoms with Crippen molar-refractivity contribution in [3.8, 4) is 0 Å². The third-order valence-corrected chi connectivity index (χ3v) is 3.23. The molecule has 2 rings (SSSR count). The summed E-state index contributed by atoms with van der Waals surface area (Å²) in [4.78, 5) is 0. The molecule has 1 saturated carbocycles. The first-order valence-corrected chi connectivity index (χ1v) is 5.54. The van der Waals surface area contributed by atoms with Crippen molar-refractivity contribution in [2.24, 2.45) is 0 Å². The number of halogens is 1. The molecule has 82 valence electrons. The van der Waals surface area contributed by atoms with Gasteiger partial charge in [0.2, 0.25) is 0 Å². The Labute approximate surface area is 89.9 Å². The summed E-state index contributed by atoms with van der Waals surface area (Å²) in [7, 11) is 0. The molecule has 0 heterocycles. The molecule has 2 heteroatoms. The first-order valence-electron chi connectivity index (χ1n) is 5.54. The van der Waals surface area contributed by atoms with E-state index in [4.69, 9.17) is 0 Å². The van der Waals surface area contributed by atoms with Crippen LogP contribution in [0.25, 0.3) is 0 Å². The van der Waals surface area contributed by atoms with Gasteiger partial charge < -0.3 is 5.11 Å². The zero-order chi connectivity index (χ0) is 11.1. The van der Waals surface area contributed by atoms with Crippen LogP contribution in [-0.2, 0) is 12.8 Å². The van der Waals surface area contributed by atoms with Crippen molar-refractivity contribution in [3.63, 3.8) is 0 Å². The summed E-state index contributed by atoms with van der Waals surface area (Å²) in [6.45, 7) is 3.85. The maximum Gasteiger partial charge on any atom is 0.126 e. The molecule has 1 nitrogen and oxygen atoms in total. The quantitative estimate of drug-likeness (QED) is 0.809. The first-order chi connectivity index (χ1) is 7.04. The van der Waals surface area contributed by atoms with Crippen LogP contribution >= 0.6 is 0 Å². The highest BCUT2D eigenvalue weighted by atomic mass is 19.1. The van der Waals surface area contributed by atoms with Crippen LogP contribution in [0.5, 0.6) is 0 Å². The molecule has 0 saturated heterocycles. The van der Waals surface area contributed by atoms with E-state index in [9.17, 15) is 9.50 Å². The lowest BCUT2D eigenvalue weighted by molar-refractivity contribution is 0.150. The highest BCUT2D eigenvalue weighted by Crippen LogP contribution is 2.39. The van der Waals surface area contributed by atoms with Crippen LogP contribution in [0, 0.1) is 12.7 Å². The standard InChI is InChI=1S/C13H17FO/c1-3-10-7-11(8-13(15)4-5-13)9(2)6-12(10)14/h6-7,15H,3-5,8H2,1-2H3. The summed E-state index contributed by atoms with van der Waals surface area (Å²) >= 11 is 0. The number of rotatable bonds is 3. The molecular weight excluding hydrogens is 191 g/mol. The van der Waals surface area contributed by atoms with Gasteiger partial charge in [-0.3, -0.25) is 0 Å². The van der Waals surface area contributed by atoms with Gasteiger partial charge in [0.25, 0.3) is 0 Å². The van der Waals surface area contributed by atoms with Crippen LogP contribution < -0.4 is 0 Å². The normalized spacial score (nSPS) is 17.9. The minimum atomic E-state index is -0.492. The Kier molecular flexibility index (Phi) is 2.55. The highest BCUT2D eigenvalue weighted by Gasteiger charge is 2.40. The van der Waals surface area contributed by atoms with Gasteiger partial charge in [-0.05, 0) is 48.9 Å². The summed E-state index contributed by atoms with van der Waals surface area (Å²) in [5, 5.41) is 9.85. The van der Waals surface area contributed by atoms with Gasteiger partial charge in [0.15, 0.2) is 0 Å². The average Bonchev–Trinajstić information content (AvgIpc) is 2.89. The van der Waals surface area contributed by atoms with Crippen LogP contribution in [0.4, 0.5) is 4.39 Å². The first kappa shape index (κ1) is 10.6. The van der Waals surface area contributed by atoms with E-state index in [1.807, 2.05) is 19.9 Å². The smallest absolute Gasteiger partial charge is 0.126 e. The fraction of sp³-hybridized carbons (Fsp3) is 0.538. The second-order valence-electron chi connectivity index (χ2n) is 4.62. The van der Waals surface area contributed by atoms with Crippen molar-refractivity contribution < 1.29 is 9.50 Å². The third-order valence-electron chi connectivity index (χ3n) is 3.23. The van der Waals surface area contributed by atoms with Crippen LogP contribution in [0.3, 0.4) is 0 Å². The molecule has 0 amide bonds. The Morgan fingerprint density at radius 2 is 2.00 bits per heavy atom. The van der Waals surface area contributed by atoms with Crippen LogP contribution in [0.1, 0.15) is 36.5 Å². The van der Waals surface area contributed by atoms with Crippen molar-refractivity contribution in [2.45, 2.75) is 45.1 Å². The molecule has 0 unspecified atom stereocenters. The predicted octanol–water partition coefficient (Wildman–Crippen LogP) is 2.76. The van der Waals surface area contributed by atoms with E-state index < -0.39 is 5.60 Å². The number of aliphatic hydroxyl groups is 1. The zero-order valence-electron chi connectivity index (χ0n) is 9.31. The predicted molar refractivity (Wildman–Crippen MR) is 58.4 cm³/mol. The molecule has 0 spiro atoms. The number of hydrogen-bond donors (Lipinski definition) is 1. The minimum Gasteiger partial charge on any atom is -0.390 e. The van der Waals surface area contributed by atoms with E-state index in [-0.39, 0.29) is 5.82 Å². The van der Waals surface area contributed by atoms with E-state index in [0.717, 1.165) is 29.5 Å². The fourth-order valence-electron chi connectivity index (χ4n) is 1.91. The van der Waals surface area contributed by atoms with Crippen molar-refractivity contribution in [3.05, 3.63) is 34.6 Å². The second kappa shape index (κ2) is 3.60. The van der Waals surface area contributed by atoms with Gasteiger partial charge in [0, 0.05) is 6.42 Å². The Bertz CT molecular complexity index is 380. The molecular formula is C13H17FO. The maximum absolute atomic E-state index is 13.4. The molecule has 1 N–H and O–H groups in total. The fourth-order valence-corrected chi connectivity index (χ4v) is 1.91. The molecule has 1 aliphatic rings. The van der Waals surface area contributed by atoms with Gasteiger partial charge in [-0.2, -0.15) is 0 Å². The second-order valence-corrected chi connectivity index (χ2v) is 4.62. The molecule has 1 aromatic carbocycles. The van der Waals surface area contributed by atoms with Gasteiger partial charge in [-0.15, -0.1) is 0 Å². The molecule has 0 aliphatic heterocycles. The van der Waals surface area contributed by atoms with E-state index in [1.54, 1.807) is 6.07 Å². The van der Waals surface area contributed by atoms with Crippen LogP contribution in [0.15, 0.2) is 12.1 Å². The summed E-state index contributed by atoms with van der Waals surface area (Å²) in [6, 6.07) is 3.49. The summed E-state index contributed by atoms with van der Waals surface area (Å²) in [6.07, 6.45) is 3.14. The summed E-state index contributed by atoms with van der Waals surface area (Å²) < 4.78 is 13.4. The number of hydrogen-bond acceptors (Lipinski definition) is 1. The molecule has 1 aliphatic carbocycles. The van der Waals surface area contributed by atoms with Gasteiger partial charge in [-0.25, -0.2) is 4.39 Å².